The summed E-state index contributed by atoms with van der Waals surface area (Å²) in [5.74, 6) is -0.602. The molecule has 0 aromatic carbocycles. The Morgan fingerprint density at radius 1 is 1.21 bits per heavy atom. The summed E-state index contributed by atoms with van der Waals surface area (Å²) in [5, 5.41) is 13.8. The number of anilines is 2. The number of hydrogen-bond acceptors (Lipinski definition) is 7. The average molecular weight is 410 g/mol. The molecule has 13 heteroatoms. The van der Waals surface area contributed by atoms with E-state index in [0.29, 0.717) is 5.56 Å². The largest absolute Gasteiger partial charge is 0.405 e. The average Bonchev–Trinajstić information content (AvgIpc) is 3.35. The summed E-state index contributed by atoms with van der Waals surface area (Å²) < 4.78 is 39.2. The first kappa shape index (κ1) is 19.0. The molecule has 29 heavy (non-hydrogen) atoms. The van der Waals surface area contributed by atoms with Gasteiger partial charge in [0.2, 0.25) is 11.9 Å². The van der Waals surface area contributed by atoms with Crippen molar-refractivity contribution < 1.29 is 22.8 Å². The van der Waals surface area contributed by atoms with Gasteiger partial charge in [0.25, 0.3) is 5.91 Å². The molecule has 0 spiro atoms. The minimum Gasteiger partial charge on any atom is -0.351 e. The third-order valence-electron chi connectivity index (χ3n) is 4.55. The Labute approximate surface area is 162 Å². The molecule has 2 aromatic heterocycles. The molecular formula is C16H17F3N8O2. The van der Waals surface area contributed by atoms with Crippen molar-refractivity contribution in [1.29, 1.82) is 0 Å². The van der Waals surface area contributed by atoms with Crippen molar-refractivity contribution in [1.82, 2.24) is 30.2 Å². The Kier molecular flexibility index (Phi) is 4.72. The van der Waals surface area contributed by atoms with E-state index in [9.17, 15) is 22.8 Å². The third-order valence-corrected chi connectivity index (χ3v) is 4.55. The summed E-state index contributed by atoms with van der Waals surface area (Å²) in [6.07, 6.45) is 2.18. The van der Waals surface area contributed by atoms with E-state index < -0.39 is 24.7 Å². The minimum absolute atomic E-state index is 0.0152. The summed E-state index contributed by atoms with van der Waals surface area (Å²) in [6, 6.07) is -0.527. The van der Waals surface area contributed by atoms with Gasteiger partial charge >= 0.3 is 12.2 Å². The second-order valence-electron chi connectivity index (χ2n) is 6.77. The highest BCUT2D eigenvalue weighted by Crippen LogP contribution is 2.24. The lowest BCUT2D eigenvalue weighted by Crippen LogP contribution is -2.24. The number of halogens is 3. The summed E-state index contributed by atoms with van der Waals surface area (Å²) in [4.78, 5) is 31.5. The first-order valence-electron chi connectivity index (χ1n) is 8.95. The fourth-order valence-corrected chi connectivity index (χ4v) is 3.25. The van der Waals surface area contributed by atoms with Crippen LogP contribution in [-0.2, 0) is 4.79 Å². The van der Waals surface area contributed by atoms with Crippen molar-refractivity contribution >= 4 is 35.6 Å². The zero-order valence-corrected chi connectivity index (χ0v) is 15.0. The van der Waals surface area contributed by atoms with Gasteiger partial charge in [0.15, 0.2) is 5.65 Å². The second kappa shape index (κ2) is 7.22. The van der Waals surface area contributed by atoms with Crippen LogP contribution in [0.4, 0.5) is 29.9 Å². The number of aromatic nitrogens is 4. The smallest absolute Gasteiger partial charge is 0.351 e. The van der Waals surface area contributed by atoms with E-state index in [2.05, 4.69) is 36.3 Å². The maximum absolute atomic E-state index is 12.7. The molecule has 1 aliphatic carbocycles. The van der Waals surface area contributed by atoms with Crippen molar-refractivity contribution in [3.8, 4) is 0 Å². The molecule has 0 atom stereocenters. The van der Waals surface area contributed by atoms with Gasteiger partial charge < -0.3 is 16.0 Å². The minimum atomic E-state index is -4.44. The summed E-state index contributed by atoms with van der Waals surface area (Å²) in [6.45, 7) is -1.29. The van der Waals surface area contributed by atoms with Gasteiger partial charge in [0.05, 0.1) is 6.20 Å². The van der Waals surface area contributed by atoms with E-state index in [1.54, 1.807) is 0 Å². The van der Waals surface area contributed by atoms with Gasteiger partial charge in [-0.3, -0.25) is 10.1 Å². The van der Waals surface area contributed by atoms with Gasteiger partial charge in [-0.15, -0.1) is 0 Å². The van der Waals surface area contributed by atoms with E-state index >= 15 is 0 Å². The summed E-state index contributed by atoms with van der Waals surface area (Å²) >= 11 is 0. The molecule has 2 aliphatic rings. The number of rotatable bonds is 5. The van der Waals surface area contributed by atoms with Crippen LogP contribution < -0.4 is 21.3 Å². The normalized spacial score (nSPS) is 19.1. The molecular weight excluding hydrogens is 393 g/mol. The van der Waals surface area contributed by atoms with Crippen LogP contribution in [0.15, 0.2) is 11.9 Å². The number of carbonyl (C=O) groups is 2. The Morgan fingerprint density at radius 2 is 1.97 bits per heavy atom. The number of imide groups is 1. The fourth-order valence-electron chi connectivity index (χ4n) is 3.25. The Bertz CT molecular complexity index is 994. The zero-order chi connectivity index (χ0) is 20.6. The molecule has 2 aromatic rings. The lowest BCUT2D eigenvalue weighted by atomic mass is 10.2. The molecule has 1 saturated carbocycles. The molecule has 1 saturated heterocycles. The van der Waals surface area contributed by atoms with E-state index in [1.807, 2.05) is 0 Å². The lowest BCUT2D eigenvalue weighted by molar-refractivity contribution is -0.116. The highest BCUT2D eigenvalue weighted by molar-refractivity contribution is 6.14. The quantitative estimate of drug-likeness (QED) is 0.436. The first-order valence-corrected chi connectivity index (χ1v) is 8.95. The van der Waals surface area contributed by atoms with E-state index in [4.69, 9.17) is 0 Å². The molecule has 0 unspecified atom stereocenters. The van der Waals surface area contributed by atoms with Crippen molar-refractivity contribution in [2.75, 3.05) is 17.2 Å². The molecule has 3 heterocycles. The first-order chi connectivity index (χ1) is 13.8. The van der Waals surface area contributed by atoms with Gasteiger partial charge in [0, 0.05) is 11.6 Å². The molecule has 4 rings (SSSR count). The Morgan fingerprint density at radius 3 is 2.62 bits per heavy atom. The summed E-state index contributed by atoms with van der Waals surface area (Å²) in [7, 11) is 0. The van der Waals surface area contributed by atoms with Gasteiger partial charge in [-0.25, -0.2) is 4.79 Å². The molecule has 3 amide bonds. The highest BCUT2D eigenvalue weighted by atomic mass is 19.4. The van der Waals surface area contributed by atoms with Gasteiger partial charge in [-0.2, -0.15) is 32.8 Å². The van der Waals surface area contributed by atoms with Crippen LogP contribution in [0.1, 0.15) is 31.2 Å². The molecule has 4 N–H and O–H groups in total. The van der Waals surface area contributed by atoms with Gasteiger partial charge in [-0.1, -0.05) is 12.8 Å². The maximum Gasteiger partial charge on any atom is 0.405 e. The molecule has 1 aliphatic heterocycles. The maximum atomic E-state index is 12.7. The van der Waals surface area contributed by atoms with E-state index in [-0.39, 0.29) is 29.3 Å². The highest BCUT2D eigenvalue weighted by Gasteiger charge is 2.28. The molecule has 2 fully saturated rings. The zero-order valence-electron chi connectivity index (χ0n) is 15.0. The van der Waals surface area contributed by atoms with E-state index in [1.165, 1.54) is 12.3 Å². The predicted molar refractivity (Wildman–Crippen MR) is 95.9 cm³/mol. The van der Waals surface area contributed by atoms with Crippen LogP contribution >= 0.6 is 0 Å². The monoisotopic (exact) mass is 410 g/mol. The Hall–Kier alpha value is -3.38. The number of fused-ring (bicyclic) bond motifs is 1. The number of carbonyl (C=O) groups excluding carboxylic acids is 2. The second-order valence-corrected chi connectivity index (χ2v) is 6.77. The third kappa shape index (κ3) is 4.22. The van der Waals surface area contributed by atoms with Crippen LogP contribution in [-0.4, -0.2) is 50.3 Å². The van der Waals surface area contributed by atoms with E-state index in [0.717, 1.165) is 30.2 Å². The van der Waals surface area contributed by atoms with Crippen LogP contribution in [0.25, 0.3) is 11.7 Å². The van der Waals surface area contributed by atoms with Crippen molar-refractivity contribution in [3.05, 3.63) is 17.5 Å². The Balaban J connectivity index is 1.72. The number of nitrogens with one attached hydrogen (secondary N) is 4. The number of nitrogens with zero attached hydrogens (tertiary/aromatic N) is 4. The van der Waals surface area contributed by atoms with Crippen molar-refractivity contribution in [2.45, 2.75) is 37.9 Å². The summed E-state index contributed by atoms with van der Waals surface area (Å²) in [5.41, 5.74) is 0.509. The molecule has 0 radical (unpaired) electrons. The number of alkyl halides is 3. The van der Waals surface area contributed by atoms with Crippen LogP contribution in [0.3, 0.4) is 0 Å². The SMILES string of the molecule is O=C1NC(=O)/C(=C/c2cnn3c(NCC(F)(F)F)nc(NC4CCCC4)nc23)N1. The van der Waals surface area contributed by atoms with Crippen LogP contribution in [0.5, 0.6) is 0 Å². The number of urea groups is 1. The topological polar surface area (TPSA) is 125 Å². The standard InChI is InChI=1S/C16H17F3N8O2/c17-16(18,19)7-20-14-26-13(22-9-3-1-2-4-9)24-11-8(6-21-27(11)14)5-10-12(28)25-15(29)23-10/h5-6,9H,1-4,7H2,(H2,20,22,24,26)(H2,23,25,28,29)/b10-5-. The van der Waals surface area contributed by atoms with Crippen LogP contribution in [0.2, 0.25) is 0 Å². The fraction of sp³-hybridized carbons (Fsp3) is 0.438. The predicted octanol–water partition coefficient (Wildman–Crippen LogP) is 1.63. The van der Waals surface area contributed by atoms with Crippen molar-refractivity contribution in [3.63, 3.8) is 0 Å². The van der Waals surface area contributed by atoms with Gasteiger partial charge in [0.1, 0.15) is 12.2 Å². The van der Waals surface area contributed by atoms with Gasteiger partial charge in [-0.05, 0) is 18.9 Å². The molecule has 10 nitrogen and oxygen atoms in total. The van der Waals surface area contributed by atoms with Crippen LogP contribution in [0, 0.1) is 0 Å². The van der Waals surface area contributed by atoms with Crippen molar-refractivity contribution in [2.24, 2.45) is 0 Å². The molecule has 154 valence electrons. The number of hydrogen-bond donors (Lipinski definition) is 4. The number of amides is 3. The lowest BCUT2D eigenvalue weighted by Gasteiger charge is -2.15. The molecule has 0 bridgehead atoms.